The minimum absolute atomic E-state index is 0.125. The largest absolute Gasteiger partial charge is 0.388 e. The van der Waals surface area contributed by atoms with Gasteiger partial charge in [0.05, 0.1) is 25.3 Å². The van der Waals surface area contributed by atoms with Gasteiger partial charge in [0.25, 0.3) is 0 Å². The van der Waals surface area contributed by atoms with Crippen LogP contribution in [0.15, 0.2) is 60.7 Å². The van der Waals surface area contributed by atoms with Crippen molar-refractivity contribution in [2.45, 2.75) is 25.3 Å². The third kappa shape index (κ3) is 3.93. The maximum Gasteiger partial charge on any atom is 0.320 e. The first-order chi connectivity index (χ1) is 11.6. The quantitative estimate of drug-likeness (QED) is 0.901. The zero-order chi connectivity index (χ0) is 16.9. The standard InChI is InChI=1S/C19H22N2O3/c22-17-13-20(11-15-7-3-1-4-8-15)19(24)21(14-18(17)23)12-16-9-5-2-6-10-16/h1-10,17-18,22-23H,11-14H2/t17-,18-/m0/s1. The summed E-state index contributed by atoms with van der Waals surface area (Å²) in [6.07, 6.45) is -1.89. The molecule has 0 radical (unpaired) electrons. The first-order valence-corrected chi connectivity index (χ1v) is 8.11. The molecule has 2 N–H and O–H groups in total. The lowest BCUT2D eigenvalue weighted by molar-refractivity contribution is 0.00888. The summed E-state index contributed by atoms with van der Waals surface area (Å²) in [6, 6.07) is 19.2. The molecule has 1 aliphatic heterocycles. The van der Waals surface area contributed by atoms with E-state index in [0.29, 0.717) is 13.1 Å². The van der Waals surface area contributed by atoms with Crippen molar-refractivity contribution in [2.24, 2.45) is 0 Å². The summed E-state index contributed by atoms with van der Waals surface area (Å²) in [4.78, 5) is 16.1. The van der Waals surface area contributed by atoms with E-state index in [4.69, 9.17) is 0 Å². The third-order valence-electron chi connectivity index (χ3n) is 4.23. The Labute approximate surface area is 141 Å². The second kappa shape index (κ2) is 7.47. The van der Waals surface area contributed by atoms with Crippen LogP contribution in [-0.4, -0.2) is 51.3 Å². The lowest BCUT2D eigenvalue weighted by Gasteiger charge is -2.28. The first kappa shape index (κ1) is 16.5. The second-order valence-electron chi connectivity index (χ2n) is 6.15. The Hall–Kier alpha value is -2.37. The van der Waals surface area contributed by atoms with Gasteiger partial charge in [0.15, 0.2) is 0 Å². The Balaban J connectivity index is 1.79. The fourth-order valence-electron chi connectivity index (χ4n) is 2.92. The van der Waals surface area contributed by atoms with E-state index in [9.17, 15) is 15.0 Å². The number of amides is 2. The van der Waals surface area contributed by atoms with Crippen LogP contribution in [0, 0.1) is 0 Å². The van der Waals surface area contributed by atoms with Crippen molar-refractivity contribution < 1.29 is 15.0 Å². The van der Waals surface area contributed by atoms with Crippen molar-refractivity contribution in [3.8, 4) is 0 Å². The Kier molecular flexibility index (Phi) is 5.13. The van der Waals surface area contributed by atoms with Gasteiger partial charge in [-0.3, -0.25) is 0 Å². The molecule has 5 heteroatoms. The summed E-state index contributed by atoms with van der Waals surface area (Å²) in [7, 11) is 0. The maximum atomic E-state index is 12.9. The molecule has 2 atom stereocenters. The van der Waals surface area contributed by atoms with Crippen LogP contribution >= 0.6 is 0 Å². The van der Waals surface area contributed by atoms with Crippen LogP contribution in [0.2, 0.25) is 0 Å². The van der Waals surface area contributed by atoms with Crippen molar-refractivity contribution in [2.75, 3.05) is 13.1 Å². The van der Waals surface area contributed by atoms with Gasteiger partial charge in [-0.1, -0.05) is 60.7 Å². The average molecular weight is 326 g/mol. The molecule has 0 bridgehead atoms. The molecule has 0 unspecified atom stereocenters. The molecule has 2 amide bonds. The molecule has 0 spiro atoms. The molecule has 2 aromatic rings. The van der Waals surface area contributed by atoms with Crippen molar-refractivity contribution in [3.63, 3.8) is 0 Å². The van der Waals surface area contributed by atoms with E-state index in [1.807, 2.05) is 60.7 Å². The summed E-state index contributed by atoms with van der Waals surface area (Å²) in [5.74, 6) is 0. The van der Waals surface area contributed by atoms with E-state index >= 15 is 0 Å². The van der Waals surface area contributed by atoms with Crippen LogP contribution in [0.25, 0.3) is 0 Å². The van der Waals surface area contributed by atoms with Gasteiger partial charge in [-0.2, -0.15) is 0 Å². The van der Waals surface area contributed by atoms with Crippen LogP contribution in [0.1, 0.15) is 11.1 Å². The lowest BCUT2D eigenvalue weighted by Crippen LogP contribution is -2.42. The first-order valence-electron chi connectivity index (χ1n) is 8.11. The molecule has 1 aliphatic rings. The van der Waals surface area contributed by atoms with Crippen LogP contribution < -0.4 is 0 Å². The minimum atomic E-state index is -0.946. The number of β-amino-alcohol motifs (C(OH)–C–C–N with tert-alkyl or cyclic N) is 2. The van der Waals surface area contributed by atoms with Gasteiger partial charge in [-0.05, 0) is 11.1 Å². The van der Waals surface area contributed by atoms with Crippen LogP contribution in [0.3, 0.4) is 0 Å². The number of aliphatic hydroxyl groups is 2. The fraction of sp³-hybridized carbons (Fsp3) is 0.316. The predicted octanol–water partition coefficient (Wildman–Crippen LogP) is 1.85. The van der Waals surface area contributed by atoms with Gasteiger partial charge in [0, 0.05) is 13.1 Å². The fourth-order valence-corrected chi connectivity index (χ4v) is 2.92. The molecule has 1 fully saturated rings. The highest BCUT2D eigenvalue weighted by Gasteiger charge is 2.33. The molecule has 0 aromatic heterocycles. The summed E-state index contributed by atoms with van der Waals surface area (Å²) in [6.45, 7) is 1.07. The smallest absolute Gasteiger partial charge is 0.320 e. The highest BCUT2D eigenvalue weighted by atomic mass is 16.3. The molecule has 1 saturated heterocycles. The Bertz CT molecular complexity index is 605. The zero-order valence-corrected chi connectivity index (χ0v) is 13.5. The van der Waals surface area contributed by atoms with E-state index < -0.39 is 12.2 Å². The van der Waals surface area contributed by atoms with E-state index in [1.165, 1.54) is 0 Å². The molecule has 2 aromatic carbocycles. The van der Waals surface area contributed by atoms with Crippen molar-refractivity contribution in [1.82, 2.24) is 9.80 Å². The van der Waals surface area contributed by atoms with E-state index in [0.717, 1.165) is 11.1 Å². The molecule has 1 heterocycles. The number of aliphatic hydroxyl groups excluding tert-OH is 2. The summed E-state index contributed by atoms with van der Waals surface area (Å²) < 4.78 is 0. The number of rotatable bonds is 4. The summed E-state index contributed by atoms with van der Waals surface area (Å²) in [5, 5.41) is 20.3. The molecule has 3 rings (SSSR count). The molecule has 126 valence electrons. The molecule has 24 heavy (non-hydrogen) atoms. The van der Waals surface area contributed by atoms with Gasteiger partial charge < -0.3 is 20.0 Å². The highest BCUT2D eigenvalue weighted by molar-refractivity contribution is 5.75. The van der Waals surface area contributed by atoms with Gasteiger partial charge in [0.2, 0.25) is 0 Å². The topological polar surface area (TPSA) is 64.0 Å². The highest BCUT2D eigenvalue weighted by Crippen LogP contribution is 2.17. The van der Waals surface area contributed by atoms with Crippen LogP contribution in [0.5, 0.6) is 0 Å². The number of carbonyl (C=O) groups is 1. The van der Waals surface area contributed by atoms with Crippen LogP contribution in [-0.2, 0) is 13.1 Å². The van der Waals surface area contributed by atoms with Crippen molar-refractivity contribution in [1.29, 1.82) is 0 Å². The summed E-state index contributed by atoms with van der Waals surface area (Å²) in [5.41, 5.74) is 1.99. The normalized spacial score (nSPS) is 21.7. The maximum absolute atomic E-state index is 12.9. The zero-order valence-electron chi connectivity index (χ0n) is 13.5. The number of nitrogens with zero attached hydrogens (tertiary/aromatic N) is 2. The number of urea groups is 1. The number of carbonyl (C=O) groups excluding carboxylic acids is 1. The van der Waals surface area contributed by atoms with E-state index in [-0.39, 0.29) is 19.1 Å². The third-order valence-corrected chi connectivity index (χ3v) is 4.23. The average Bonchev–Trinajstić information content (AvgIpc) is 2.69. The van der Waals surface area contributed by atoms with Gasteiger partial charge in [-0.25, -0.2) is 4.79 Å². The van der Waals surface area contributed by atoms with Crippen LogP contribution in [0.4, 0.5) is 4.79 Å². The van der Waals surface area contributed by atoms with E-state index in [2.05, 4.69) is 0 Å². The molecule has 5 nitrogen and oxygen atoms in total. The predicted molar refractivity (Wildman–Crippen MR) is 91.1 cm³/mol. The van der Waals surface area contributed by atoms with Crippen molar-refractivity contribution in [3.05, 3.63) is 71.8 Å². The number of hydrogen-bond donors (Lipinski definition) is 2. The Morgan fingerprint density at radius 1 is 0.750 bits per heavy atom. The van der Waals surface area contributed by atoms with E-state index in [1.54, 1.807) is 9.80 Å². The molecular formula is C19H22N2O3. The number of benzene rings is 2. The molecular weight excluding hydrogens is 304 g/mol. The second-order valence-corrected chi connectivity index (χ2v) is 6.15. The van der Waals surface area contributed by atoms with Gasteiger partial charge in [0.1, 0.15) is 0 Å². The monoisotopic (exact) mass is 326 g/mol. The Morgan fingerprint density at radius 3 is 1.50 bits per heavy atom. The molecule has 0 saturated carbocycles. The van der Waals surface area contributed by atoms with Crippen molar-refractivity contribution >= 4 is 6.03 Å². The SMILES string of the molecule is O=C1N(Cc2ccccc2)C[C@H](O)[C@@H](O)CN1Cc1ccccc1. The number of hydrogen-bond acceptors (Lipinski definition) is 3. The summed E-state index contributed by atoms with van der Waals surface area (Å²) >= 11 is 0. The lowest BCUT2D eigenvalue weighted by atomic mass is 10.1. The molecule has 0 aliphatic carbocycles. The Morgan fingerprint density at radius 2 is 1.12 bits per heavy atom. The van der Waals surface area contributed by atoms with Gasteiger partial charge in [-0.15, -0.1) is 0 Å². The van der Waals surface area contributed by atoms with Gasteiger partial charge >= 0.3 is 6.03 Å². The minimum Gasteiger partial charge on any atom is -0.388 e.